The molecule has 0 saturated carbocycles. The third kappa shape index (κ3) is 3.52. The molecule has 3 rings (SSSR count). The molecule has 1 N–H and O–H groups in total. The lowest BCUT2D eigenvalue weighted by atomic mass is 10.3. The van der Waals surface area contributed by atoms with Crippen molar-refractivity contribution in [2.75, 3.05) is 13.2 Å². The number of esters is 1. The predicted molar refractivity (Wildman–Crippen MR) is 97.7 cm³/mol. The average molecular weight is 378 g/mol. The van der Waals surface area contributed by atoms with Gasteiger partial charge in [0.05, 0.1) is 16.4 Å². The minimum absolute atomic E-state index is 0.295. The van der Waals surface area contributed by atoms with Gasteiger partial charge in [-0.25, -0.2) is 9.48 Å². The van der Waals surface area contributed by atoms with Crippen molar-refractivity contribution in [2.24, 2.45) is 0 Å². The summed E-state index contributed by atoms with van der Waals surface area (Å²) in [6, 6.07) is 9.10. The van der Waals surface area contributed by atoms with Gasteiger partial charge in [-0.05, 0) is 32.0 Å². The van der Waals surface area contributed by atoms with Crippen LogP contribution in [0.1, 0.15) is 22.3 Å². The molecule has 0 aliphatic carbocycles. The summed E-state index contributed by atoms with van der Waals surface area (Å²) in [5, 5.41) is 8.51. The van der Waals surface area contributed by atoms with Crippen LogP contribution in [0.4, 0.5) is 0 Å². The molecular formula is C17H16ClN3O3S. The molecule has 1 aromatic carbocycles. The molecule has 2 aromatic heterocycles. The molecular weight excluding hydrogens is 362 g/mol. The summed E-state index contributed by atoms with van der Waals surface area (Å²) in [7, 11) is 0. The Labute approximate surface area is 153 Å². The summed E-state index contributed by atoms with van der Waals surface area (Å²) in [5.74, 6) is -0.854. The van der Waals surface area contributed by atoms with Crippen LogP contribution in [-0.2, 0) is 9.53 Å². The molecule has 25 heavy (non-hydrogen) atoms. The van der Waals surface area contributed by atoms with E-state index in [0.29, 0.717) is 16.4 Å². The van der Waals surface area contributed by atoms with Gasteiger partial charge in [-0.3, -0.25) is 4.79 Å². The van der Waals surface area contributed by atoms with E-state index in [1.807, 2.05) is 25.1 Å². The van der Waals surface area contributed by atoms with Crippen LogP contribution >= 0.6 is 22.9 Å². The minimum atomic E-state index is -0.530. The molecule has 0 atom stereocenters. The fourth-order valence-electron chi connectivity index (χ4n) is 2.39. The van der Waals surface area contributed by atoms with Crippen LogP contribution < -0.4 is 5.32 Å². The Bertz CT molecular complexity index is 948. The van der Waals surface area contributed by atoms with Crippen LogP contribution in [0, 0.1) is 6.92 Å². The SMILES string of the molecule is CCNC(=O)COC(=O)c1cc2c(C)nn(-c3ccccc3Cl)c2s1. The molecule has 0 saturated heterocycles. The average Bonchev–Trinajstić information content (AvgIpc) is 3.15. The van der Waals surface area contributed by atoms with Gasteiger partial charge in [0.1, 0.15) is 9.71 Å². The molecule has 1 amide bonds. The molecule has 0 unspecified atom stereocenters. The highest BCUT2D eigenvalue weighted by Gasteiger charge is 2.19. The van der Waals surface area contributed by atoms with E-state index in [-0.39, 0.29) is 12.5 Å². The van der Waals surface area contributed by atoms with Gasteiger partial charge >= 0.3 is 5.97 Å². The minimum Gasteiger partial charge on any atom is -0.451 e. The fourth-order valence-corrected chi connectivity index (χ4v) is 3.67. The number of rotatable bonds is 5. The molecule has 0 spiro atoms. The second-order valence-electron chi connectivity index (χ2n) is 5.31. The van der Waals surface area contributed by atoms with Crippen LogP contribution in [0.3, 0.4) is 0 Å². The van der Waals surface area contributed by atoms with Crippen molar-refractivity contribution in [3.63, 3.8) is 0 Å². The third-order valence-corrected chi connectivity index (χ3v) is 4.94. The number of benzene rings is 1. The predicted octanol–water partition coefficient (Wildman–Crippen LogP) is 3.34. The largest absolute Gasteiger partial charge is 0.451 e. The van der Waals surface area contributed by atoms with E-state index in [9.17, 15) is 9.59 Å². The van der Waals surface area contributed by atoms with Crippen LogP contribution in [0.2, 0.25) is 5.02 Å². The van der Waals surface area contributed by atoms with E-state index in [1.165, 1.54) is 11.3 Å². The Hall–Kier alpha value is -2.38. The number of thiophene rings is 1. The number of aromatic nitrogens is 2. The smallest absolute Gasteiger partial charge is 0.348 e. The Morgan fingerprint density at radius 2 is 2.12 bits per heavy atom. The van der Waals surface area contributed by atoms with Crippen LogP contribution in [0.25, 0.3) is 15.9 Å². The van der Waals surface area contributed by atoms with Crippen LogP contribution in [0.15, 0.2) is 30.3 Å². The molecule has 3 aromatic rings. The number of nitrogens with one attached hydrogen (secondary N) is 1. The number of halogens is 1. The summed E-state index contributed by atoms with van der Waals surface area (Å²) in [5.41, 5.74) is 1.53. The quantitative estimate of drug-likeness (QED) is 0.692. The highest BCUT2D eigenvalue weighted by molar-refractivity contribution is 7.20. The van der Waals surface area contributed by atoms with E-state index in [0.717, 1.165) is 21.6 Å². The molecule has 0 aliphatic rings. The van der Waals surface area contributed by atoms with Crippen molar-refractivity contribution < 1.29 is 14.3 Å². The Morgan fingerprint density at radius 3 is 2.84 bits per heavy atom. The number of para-hydroxylation sites is 1. The van der Waals surface area contributed by atoms with Crippen LogP contribution in [-0.4, -0.2) is 34.8 Å². The molecule has 6 nitrogen and oxygen atoms in total. The summed E-state index contributed by atoms with van der Waals surface area (Å²) in [4.78, 5) is 24.8. The molecule has 2 heterocycles. The monoisotopic (exact) mass is 377 g/mol. The van der Waals surface area contributed by atoms with Gasteiger partial charge in [0.15, 0.2) is 6.61 Å². The van der Waals surface area contributed by atoms with Gasteiger partial charge < -0.3 is 10.1 Å². The lowest BCUT2D eigenvalue weighted by Crippen LogP contribution is -2.28. The van der Waals surface area contributed by atoms with Crippen molar-refractivity contribution in [3.05, 3.63) is 45.9 Å². The van der Waals surface area contributed by atoms with E-state index in [2.05, 4.69) is 10.4 Å². The molecule has 0 radical (unpaired) electrons. The zero-order chi connectivity index (χ0) is 18.0. The molecule has 0 aliphatic heterocycles. The number of hydrogen-bond donors (Lipinski definition) is 1. The summed E-state index contributed by atoms with van der Waals surface area (Å²) in [6.07, 6.45) is 0. The first-order chi connectivity index (χ1) is 12.0. The topological polar surface area (TPSA) is 73.2 Å². The van der Waals surface area contributed by atoms with Crippen molar-refractivity contribution >= 4 is 45.0 Å². The zero-order valence-electron chi connectivity index (χ0n) is 13.7. The lowest BCUT2D eigenvalue weighted by Gasteiger charge is -2.04. The highest BCUT2D eigenvalue weighted by Crippen LogP contribution is 2.32. The molecule has 8 heteroatoms. The maximum atomic E-state index is 12.2. The molecule has 0 fully saturated rings. The van der Waals surface area contributed by atoms with E-state index in [4.69, 9.17) is 16.3 Å². The Kier molecular flexibility index (Phi) is 5.06. The standard InChI is InChI=1S/C17H16ClN3O3S/c1-3-19-15(22)9-24-17(23)14-8-11-10(2)20-21(16(11)25-14)13-7-5-4-6-12(13)18/h4-8H,3,9H2,1-2H3,(H,19,22). The summed E-state index contributed by atoms with van der Waals surface area (Å²) in [6.45, 7) is 3.86. The van der Waals surface area contributed by atoms with Gasteiger partial charge in [0.25, 0.3) is 5.91 Å². The summed E-state index contributed by atoms with van der Waals surface area (Å²) >= 11 is 7.52. The Balaban J connectivity index is 1.90. The summed E-state index contributed by atoms with van der Waals surface area (Å²) < 4.78 is 6.77. The number of amides is 1. The number of aryl methyl sites for hydroxylation is 1. The van der Waals surface area contributed by atoms with Gasteiger partial charge in [-0.1, -0.05) is 23.7 Å². The van der Waals surface area contributed by atoms with E-state index < -0.39 is 5.97 Å². The number of likely N-dealkylation sites (N-methyl/N-ethyl adjacent to an activating group) is 1. The lowest BCUT2D eigenvalue weighted by molar-refractivity contribution is -0.124. The normalized spacial score (nSPS) is 10.8. The van der Waals surface area contributed by atoms with E-state index in [1.54, 1.807) is 23.7 Å². The van der Waals surface area contributed by atoms with Crippen molar-refractivity contribution in [1.82, 2.24) is 15.1 Å². The number of carbonyl (C=O) groups is 2. The first-order valence-corrected chi connectivity index (χ1v) is 8.88. The fraction of sp³-hybridized carbons (Fsp3) is 0.235. The van der Waals surface area contributed by atoms with Crippen LogP contribution in [0.5, 0.6) is 0 Å². The van der Waals surface area contributed by atoms with Gasteiger partial charge in [-0.2, -0.15) is 5.10 Å². The molecule has 130 valence electrons. The van der Waals surface area contributed by atoms with Crippen molar-refractivity contribution in [2.45, 2.75) is 13.8 Å². The zero-order valence-corrected chi connectivity index (χ0v) is 15.3. The van der Waals surface area contributed by atoms with Gasteiger partial charge in [0, 0.05) is 11.9 Å². The highest BCUT2D eigenvalue weighted by atomic mass is 35.5. The molecule has 0 bridgehead atoms. The van der Waals surface area contributed by atoms with Crippen molar-refractivity contribution in [1.29, 1.82) is 0 Å². The van der Waals surface area contributed by atoms with Gasteiger partial charge in [-0.15, -0.1) is 11.3 Å². The maximum Gasteiger partial charge on any atom is 0.348 e. The van der Waals surface area contributed by atoms with Gasteiger partial charge in [0.2, 0.25) is 0 Å². The van der Waals surface area contributed by atoms with E-state index >= 15 is 0 Å². The number of hydrogen-bond acceptors (Lipinski definition) is 5. The van der Waals surface area contributed by atoms with Crippen molar-refractivity contribution in [3.8, 4) is 5.69 Å². The second-order valence-corrected chi connectivity index (χ2v) is 6.75. The first-order valence-electron chi connectivity index (χ1n) is 7.69. The maximum absolute atomic E-state index is 12.2. The number of ether oxygens (including phenoxy) is 1. The first kappa shape index (κ1) is 17.4. The second kappa shape index (κ2) is 7.25. The number of nitrogens with zero attached hydrogens (tertiary/aromatic N) is 2. The number of fused-ring (bicyclic) bond motifs is 1. The third-order valence-electron chi connectivity index (χ3n) is 3.53. The number of carbonyl (C=O) groups excluding carboxylic acids is 2. The Morgan fingerprint density at radius 1 is 1.36 bits per heavy atom.